The minimum atomic E-state index is -0.608. The van der Waals surface area contributed by atoms with E-state index in [0.717, 1.165) is 11.0 Å². The molecule has 2 aromatic carbocycles. The first-order chi connectivity index (χ1) is 14.9. The Morgan fingerprint density at radius 3 is 2.61 bits per heavy atom. The van der Waals surface area contributed by atoms with Gasteiger partial charge in [-0.3, -0.25) is 29.4 Å². The van der Waals surface area contributed by atoms with Gasteiger partial charge in [-0.05, 0) is 37.3 Å². The van der Waals surface area contributed by atoms with E-state index in [1.54, 1.807) is 24.3 Å². The lowest BCUT2D eigenvalue weighted by molar-refractivity contribution is -0.384. The number of amides is 3. The second-order valence-electron chi connectivity index (χ2n) is 6.46. The number of nitro benzene ring substituents is 1. The SMILES string of the molecule is CCOc1ccc(NC(=O)CNC(=O)CN2C(=O)COc3ccc([N+](=O)[O-])cc32)cc1. The van der Waals surface area contributed by atoms with E-state index in [1.807, 2.05) is 6.92 Å². The van der Waals surface area contributed by atoms with Crippen molar-refractivity contribution in [3.05, 3.63) is 52.6 Å². The summed E-state index contributed by atoms with van der Waals surface area (Å²) in [6.07, 6.45) is 0. The number of ether oxygens (including phenoxy) is 2. The predicted octanol–water partition coefficient (Wildman–Crippen LogP) is 1.47. The van der Waals surface area contributed by atoms with Crippen molar-refractivity contribution < 1.29 is 28.8 Å². The molecule has 0 saturated heterocycles. The van der Waals surface area contributed by atoms with Crippen molar-refractivity contribution in [1.82, 2.24) is 5.32 Å². The summed E-state index contributed by atoms with van der Waals surface area (Å²) in [5.41, 5.74) is 0.420. The van der Waals surface area contributed by atoms with Gasteiger partial charge in [0.05, 0.1) is 23.8 Å². The molecule has 0 aromatic heterocycles. The Bertz CT molecular complexity index is 1010. The molecule has 1 aliphatic heterocycles. The van der Waals surface area contributed by atoms with Crippen molar-refractivity contribution in [3.8, 4) is 11.5 Å². The zero-order chi connectivity index (χ0) is 22.4. The number of anilines is 2. The normalized spacial score (nSPS) is 12.4. The molecule has 0 radical (unpaired) electrons. The van der Waals surface area contributed by atoms with Crippen molar-refractivity contribution >= 4 is 34.8 Å². The Kier molecular flexibility index (Phi) is 6.65. The molecule has 0 bridgehead atoms. The molecule has 2 aromatic rings. The van der Waals surface area contributed by atoms with Gasteiger partial charge in [0, 0.05) is 17.8 Å². The predicted molar refractivity (Wildman–Crippen MR) is 110 cm³/mol. The van der Waals surface area contributed by atoms with E-state index in [2.05, 4.69) is 10.6 Å². The summed E-state index contributed by atoms with van der Waals surface area (Å²) in [6, 6.07) is 10.5. The summed E-state index contributed by atoms with van der Waals surface area (Å²) < 4.78 is 10.6. The van der Waals surface area contributed by atoms with Crippen LogP contribution in [-0.2, 0) is 14.4 Å². The molecule has 162 valence electrons. The first-order valence-corrected chi connectivity index (χ1v) is 9.38. The molecular formula is C20H20N4O7. The molecule has 3 rings (SSSR count). The fraction of sp³-hybridized carbons (Fsp3) is 0.250. The number of rotatable bonds is 8. The Morgan fingerprint density at radius 1 is 1.19 bits per heavy atom. The molecule has 11 nitrogen and oxygen atoms in total. The molecule has 2 N–H and O–H groups in total. The topological polar surface area (TPSA) is 140 Å². The molecule has 0 spiro atoms. The van der Waals surface area contributed by atoms with E-state index in [-0.39, 0.29) is 30.3 Å². The van der Waals surface area contributed by atoms with Crippen LogP contribution in [0, 0.1) is 10.1 Å². The van der Waals surface area contributed by atoms with E-state index in [0.29, 0.717) is 18.0 Å². The minimum absolute atomic E-state index is 0.124. The van der Waals surface area contributed by atoms with Gasteiger partial charge in [-0.1, -0.05) is 0 Å². The Hall–Kier alpha value is -4.15. The van der Waals surface area contributed by atoms with Crippen molar-refractivity contribution in [3.63, 3.8) is 0 Å². The Morgan fingerprint density at radius 2 is 1.94 bits per heavy atom. The molecule has 1 heterocycles. The lowest BCUT2D eigenvalue weighted by atomic mass is 10.2. The molecule has 0 aliphatic carbocycles. The Labute approximate surface area is 177 Å². The van der Waals surface area contributed by atoms with E-state index in [1.165, 1.54) is 12.1 Å². The van der Waals surface area contributed by atoms with Crippen LogP contribution in [-0.4, -0.2) is 48.9 Å². The van der Waals surface area contributed by atoms with E-state index >= 15 is 0 Å². The molecule has 0 saturated carbocycles. The largest absolute Gasteiger partial charge is 0.494 e. The number of non-ortho nitro benzene ring substituents is 1. The third-order valence-electron chi connectivity index (χ3n) is 4.29. The van der Waals surface area contributed by atoms with Crippen molar-refractivity contribution in [2.45, 2.75) is 6.92 Å². The fourth-order valence-electron chi connectivity index (χ4n) is 2.86. The van der Waals surface area contributed by atoms with Crippen LogP contribution in [0.25, 0.3) is 0 Å². The monoisotopic (exact) mass is 428 g/mol. The van der Waals surface area contributed by atoms with Gasteiger partial charge in [-0.25, -0.2) is 0 Å². The zero-order valence-electron chi connectivity index (χ0n) is 16.6. The van der Waals surface area contributed by atoms with Gasteiger partial charge in [0.1, 0.15) is 18.0 Å². The average Bonchev–Trinajstić information content (AvgIpc) is 2.75. The van der Waals surface area contributed by atoms with Gasteiger partial charge < -0.3 is 20.1 Å². The number of carbonyl (C=O) groups excluding carboxylic acids is 3. The highest BCUT2D eigenvalue weighted by Crippen LogP contribution is 2.35. The lowest BCUT2D eigenvalue weighted by Crippen LogP contribution is -2.46. The van der Waals surface area contributed by atoms with Gasteiger partial charge in [0.15, 0.2) is 6.61 Å². The summed E-state index contributed by atoms with van der Waals surface area (Å²) in [7, 11) is 0. The average molecular weight is 428 g/mol. The first-order valence-electron chi connectivity index (χ1n) is 9.38. The number of nitrogens with one attached hydrogen (secondary N) is 2. The third-order valence-corrected chi connectivity index (χ3v) is 4.29. The highest BCUT2D eigenvalue weighted by Gasteiger charge is 2.29. The van der Waals surface area contributed by atoms with Crippen LogP contribution >= 0.6 is 0 Å². The second kappa shape index (κ2) is 9.57. The quantitative estimate of drug-likeness (QED) is 0.479. The number of hydrogen-bond donors (Lipinski definition) is 2. The van der Waals surface area contributed by atoms with Crippen LogP contribution < -0.4 is 25.0 Å². The van der Waals surface area contributed by atoms with Crippen LogP contribution in [0.1, 0.15) is 6.92 Å². The first kappa shape index (κ1) is 21.6. The van der Waals surface area contributed by atoms with Gasteiger partial charge >= 0.3 is 0 Å². The van der Waals surface area contributed by atoms with E-state index in [9.17, 15) is 24.5 Å². The fourth-order valence-corrected chi connectivity index (χ4v) is 2.86. The number of benzene rings is 2. The maximum Gasteiger partial charge on any atom is 0.271 e. The molecular weight excluding hydrogens is 408 g/mol. The molecule has 3 amide bonds. The van der Waals surface area contributed by atoms with Gasteiger partial charge in [0.25, 0.3) is 11.6 Å². The summed E-state index contributed by atoms with van der Waals surface area (Å²) in [5.74, 6) is -0.658. The Balaban J connectivity index is 1.57. The molecule has 0 unspecified atom stereocenters. The van der Waals surface area contributed by atoms with Crippen LogP contribution in [0.3, 0.4) is 0 Å². The van der Waals surface area contributed by atoms with Crippen LogP contribution in [0.4, 0.5) is 17.1 Å². The molecule has 31 heavy (non-hydrogen) atoms. The molecule has 11 heteroatoms. The molecule has 0 fully saturated rings. The van der Waals surface area contributed by atoms with E-state index in [4.69, 9.17) is 9.47 Å². The standard InChI is InChI=1S/C20H20N4O7/c1-2-30-15-6-3-13(4-7-15)22-18(25)10-21-19(26)11-23-16-9-14(24(28)29)5-8-17(16)31-12-20(23)27/h3-9H,2,10-12H2,1H3,(H,21,26)(H,22,25). The number of hydrogen-bond acceptors (Lipinski definition) is 7. The maximum atomic E-state index is 12.3. The number of carbonyl (C=O) groups is 3. The van der Waals surface area contributed by atoms with E-state index < -0.39 is 29.2 Å². The van der Waals surface area contributed by atoms with Crippen molar-refractivity contribution in [1.29, 1.82) is 0 Å². The smallest absolute Gasteiger partial charge is 0.271 e. The highest BCUT2D eigenvalue weighted by molar-refractivity contribution is 6.03. The zero-order valence-corrected chi connectivity index (χ0v) is 16.6. The van der Waals surface area contributed by atoms with Gasteiger partial charge in [0.2, 0.25) is 11.8 Å². The van der Waals surface area contributed by atoms with Crippen LogP contribution in [0.5, 0.6) is 11.5 Å². The van der Waals surface area contributed by atoms with Crippen LogP contribution in [0.2, 0.25) is 0 Å². The van der Waals surface area contributed by atoms with Gasteiger partial charge in [-0.15, -0.1) is 0 Å². The maximum absolute atomic E-state index is 12.3. The number of nitrogens with zero attached hydrogens (tertiary/aromatic N) is 2. The summed E-state index contributed by atoms with van der Waals surface area (Å²) >= 11 is 0. The second-order valence-corrected chi connectivity index (χ2v) is 6.46. The summed E-state index contributed by atoms with van der Waals surface area (Å²) in [6.45, 7) is 1.37. The third kappa shape index (κ3) is 5.47. The van der Waals surface area contributed by atoms with Gasteiger partial charge in [-0.2, -0.15) is 0 Å². The molecule has 0 atom stereocenters. The summed E-state index contributed by atoms with van der Waals surface area (Å²) in [5, 5.41) is 16.1. The minimum Gasteiger partial charge on any atom is -0.494 e. The molecule has 1 aliphatic rings. The number of nitro groups is 1. The lowest BCUT2D eigenvalue weighted by Gasteiger charge is -2.28. The highest BCUT2D eigenvalue weighted by atomic mass is 16.6. The van der Waals surface area contributed by atoms with Crippen molar-refractivity contribution in [2.24, 2.45) is 0 Å². The van der Waals surface area contributed by atoms with Crippen molar-refractivity contribution in [2.75, 3.05) is 36.5 Å². The summed E-state index contributed by atoms with van der Waals surface area (Å²) in [4.78, 5) is 48.0. The number of fused-ring (bicyclic) bond motifs is 1. The van der Waals surface area contributed by atoms with Crippen LogP contribution in [0.15, 0.2) is 42.5 Å².